The third-order valence-electron chi connectivity index (χ3n) is 5.95. The lowest BCUT2D eigenvalue weighted by atomic mass is 9.93. The molecule has 0 aromatic carbocycles. The summed E-state index contributed by atoms with van der Waals surface area (Å²) in [4.78, 5) is 28.0. The Morgan fingerprint density at radius 2 is 2.07 bits per heavy atom. The number of carbonyl (C=O) groups is 1. The number of pyridine rings is 1. The zero-order valence-electron chi connectivity index (χ0n) is 16.3. The first-order chi connectivity index (χ1) is 13.1. The Balaban J connectivity index is 1.34. The highest BCUT2D eigenvalue weighted by Gasteiger charge is 2.29. The van der Waals surface area contributed by atoms with Gasteiger partial charge < -0.3 is 19.1 Å². The number of oxazole rings is 1. The van der Waals surface area contributed by atoms with Gasteiger partial charge in [0.25, 0.3) is 6.01 Å². The summed E-state index contributed by atoms with van der Waals surface area (Å²) in [6, 6.07) is 4.98. The summed E-state index contributed by atoms with van der Waals surface area (Å²) >= 11 is 0. The number of hydrogen-bond donors (Lipinski definition) is 0. The molecule has 146 valence electrons. The highest BCUT2D eigenvalue weighted by molar-refractivity contribution is 5.76. The molecule has 2 saturated heterocycles. The second-order valence-corrected chi connectivity index (χ2v) is 8.06. The number of hydrogen-bond acceptors (Lipinski definition) is 6. The molecule has 27 heavy (non-hydrogen) atoms. The van der Waals surface area contributed by atoms with Gasteiger partial charge in [0, 0.05) is 44.8 Å². The fourth-order valence-electron chi connectivity index (χ4n) is 4.31. The molecule has 0 N–H and O–H groups in total. The molecule has 0 saturated carbocycles. The molecule has 1 atom stereocenters. The zero-order chi connectivity index (χ0) is 18.8. The van der Waals surface area contributed by atoms with Gasteiger partial charge in [0.15, 0.2) is 5.58 Å². The standard InChI is InChI=1S/C20H29N5O2/c1-23(2)16-7-11-24(12-8-16)18(26)13-15-5-4-10-25(14-15)20-22-19-17(27-20)6-3-9-21-19/h3,6,9,15-16H,4-5,7-8,10-14H2,1-2H3. The van der Waals surface area contributed by atoms with Crippen LogP contribution in [0.25, 0.3) is 11.2 Å². The molecule has 0 bridgehead atoms. The molecule has 0 spiro atoms. The molecular weight excluding hydrogens is 342 g/mol. The minimum atomic E-state index is 0.304. The van der Waals surface area contributed by atoms with Crippen LogP contribution in [0.4, 0.5) is 6.01 Å². The normalized spacial score (nSPS) is 22.0. The molecule has 0 aliphatic carbocycles. The van der Waals surface area contributed by atoms with Crippen molar-refractivity contribution in [3.05, 3.63) is 18.3 Å². The van der Waals surface area contributed by atoms with Crippen molar-refractivity contribution in [2.24, 2.45) is 5.92 Å². The average Bonchev–Trinajstić information content (AvgIpc) is 3.12. The second-order valence-electron chi connectivity index (χ2n) is 8.06. The van der Waals surface area contributed by atoms with Crippen molar-refractivity contribution in [1.29, 1.82) is 0 Å². The largest absolute Gasteiger partial charge is 0.422 e. The highest BCUT2D eigenvalue weighted by Crippen LogP contribution is 2.27. The number of carbonyl (C=O) groups excluding carboxylic acids is 1. The van der Waals surface area contributed by atoms with E-state index in [-0.39, 0.29) is 0 Å². The predicted molar refractivity (Wildman–Crippen MR) is 105 cm³/mol. The lowest BCUT2D eigenvalue weighted by Crippen LogP contribution is -2.45. The lowest BCUT2D eigenvalue weighted by Gasteiger charge is -2.37. The third-order valence-corrected chi connectivity index (χ3v) is 5.95. The van der Waals surface area contributed by atoms with Crippen LogP contribution in [0.1, 0.15) is 32.1 Å². The van der Waals surface area contributed by atoms with Crippen molar-refractivity contribution in [3.8, 4) is 0 Å². The van der Waals surface area contributed by atoms with Gasteiger partial charge in [-0.05, 0) is 57.8 Å². The van der Waals surface area contributed by atoms with Crippen LogP contribution in [-0.4, -0.2) is 72.0 Å². The van der Waals surface area contributed by atoms with E-state index in [9.17, 15) is 4.79 Å². The highest BCUT2D eigenvalue weighted by atomic mass is 16.4. The average molecular weight is 371 g/mol. The fraction of sp³-hybridized carbons (Fsp3) is 0.650. The van der Waals surface area contributed by atoms with Gasteiger partial charge in [-0.15, -0.1) is 0 Å². The Morgan fingerprint density at radius 1 is 1.26 bits per heavy atom. The monoisotopic (exact) mass is 371 g/mol. The molecule has 4 rings (SSSR count). The van der Waals surface area contributed by atoms with Crippen molar-refractivity contribution >= 4 is 23.2 Å². The zero-order valence-corrected chi connectivity index (χ0v) is 16.3. The van der Waals surface area contributed by atoms with E-state index in [1.807, 2.05) is 12.1 Å². The first-order valence-electron chi connectivity index (χ1n) is 10.0. The molecular formula is C20H29N5O2. The third kappa shape index (κ3) is 4.08. The molecule has 0 radical (unpaired) electrons. The molecule has 2 fully saturated rings. The molecule has 2 aliphatic rings. The Morgan fingerprint density at radius 3 is 2.81 bits per heavy atom. The first kappa shape index (κ1) is 18.2. The summed E-state index contributed by atoms with van der Waals surface area (Å²) in [5.74, 6) is 0.666. The van der Waals surface area contributed by atoms with E-state index in [2.05, 4.69) is 38.8 Å². The van der Waals surface area contributed by atoms with Crippen molar-refractivity contribution in [2.45, 2.75) is 38.1 Å². The number of piperidine rings is 2. The Kier molecular flexibility index (Phi) is 5.29. The van der Waals surface area contributed by atoms with Crippen molar-refractivity contribution < 1.29 is 9.21 Å². The summed E-state index contributed by atoms with van der Waals surface area (Å²) in [6.45, 7) is 3.52. The number of amides is 1. The van der Waals surface area contributed by atoms with Crippen LogP contribution < -0.4 is 4.90 Å². The van der Waals surface area contributed by atoms with Crippen LogP contribution in [-0.2, 0) is 4.79 Å². The van der Waals surface area contributed by atoms with E-state index in [1.54, 1.807) is 6.20 Å². The van der Waals surface area contributed by atoms with Crippen LogP contribution in [0.3, 0.4) is 0 Å². The number of aromatic nitrogens is 2. The number of anilines is 1. The lowest BCUT2D eigenvalue weighted by molar-refractivity contribution is -0.133. The van der Waals surface area contributed by atoms with E-state index >= 15 is 0 Å². The van der Waals surface area contributed by atoms with E-state index in [0.29, 0.717) is 35.9 Å². The van der Waals surface area contributed by atoms with Crippen LogP contribution in [0.2, 0.25) is 0 Å². The summed E-state index contributed by atoms with van der Waals surface area (Å²) in [5.41, 5.74) is 1.36. The molecule has 1 amide bonds. The van der Waals surface area contributed by atoms with Crippen molar-refractivity contribution in [3.63, 3.8) is 0 Å². The van der Waals surface area contributed by atoms with Gasteiger partial charge in [-0.1, -0.05) is 0 Å². The van der Waals surface area contributed by atoms with E-state index in [1.165, 1.54) is 0 Å². The molecule has 2 aliphatic heterocycles. The van der Waals surface area contributed by atoms with Gasteiger partial charge in [0.1, 0.15) is 0 Å². The van der Waals surface area contributed by atoms with E-state index in [4.69, 9.17) is 4.42 Å². The van der Waals surface area contributed by atoms with Crippen LogP contribution in [0, 0.1) is 5.92 Å². The van der Waals surface area contributed by atoms with Crippen LogP contribution in [0.15, 0.2) is 22.7 Å². The Bertz CT molecular complexity index is 749. The SMILES string of the molecule is CN(C)C1CCN(C(=O)CC2CCCN(c3nc4ncccc4o3)C2)CC1. The minimum Gasteiger partial charge on any atom is -0.422 e. The van der Waals surface area contributed by atoms with Gasteiger partial charge in [0.2, 0.25) is 11.6 Å². The Labute approximate surface area is 160 Å². The number of rotatable bonds is 4. The maximum Gasteiger partial charge on any atom is 0.299 e. The summed E-state index contributed by atoms with van der Waals surface area (Å²) in [6.07, 6.45) is 6.66. The molecule has 1 unspecified atom stereocenters. The van der Waals surface area contributed by atoms with Crippen molar-refractivity contribution in [1.82, 2.24) is 19.8 Å². The number of likely N-dealkylation sites (tertiary alicyclic amines) is 1. The molecule has 2 aromatic rings. The fourth-order valence-corrected chi connectivity index (χ4v) is 4.31. The minimum absolute atomic E-state index is 0.304. The topological polar surface area (TPSA) is 65.7 Å². The first-order valence-corrected chi connectivity index (χ1v) is 10.0. The smallest absolute Gasteiger partial charge is 0.299 e. The van der Waals surface area contributed by atoms with E-state index in [0.717, 1.165) is 57.4 Å². The van der Waals surface area contributed by atoms with Crippen molar-refractivity contribution in [2.75, 3.05) is 45.2 Å². The van der Waals surface area contributed by atoms with Gasteiger partial charge in [0.05, 0.1) is 0 Å². The summed E-state index contributed by atoms with van der Waals surface area (Å²) < 4.78 is 5.86. The molecule has 7 heteroatoms. The Hall–Kier alpha value is -2.15. The van der Waals surface area contributed by atoms with E-state index < -0.39 is 0 Å². The molecule has 2 aromatic heterocycles. The predicted octanol–water partition coefficient (Wildman–Crippen LogP) is 2.38. The maximum atomic E-state index is 12.8. The summed E-state index contributed by atoms with van der Waals surface area (Å²) in [5, 5.41) is 0. The van der Waals surface area contributed by atoms with Crippen LogP contribution >= 0.6 is 0 Å². The van der Waals surface area contributed by atoms with Gasteiger partial charge in [-0.25, -0.2) is 4.98 Å². The molecule has 4 heterocycles. The number of nitrogens with zero attached hydrogens (tertiary/aromatic N) is 5. The number of fused-ring (bicyclic) bond motifs is 1. The van der Waals surface area contributed by atoms with Gasteiger partial charge in [-0.3, -0.25) is 4.79 Å². The van der Waals surface area contributed by atoms with Gasteiger partial charge >= 0.3 is 0 Å². The quantitative estimate of drug-likeness (QED) is 0.822. The summed E-state index contributed by atoms with van der Waals surface area (Å²) in [7, 11) is 4.25. The molecule has 7 nitrogen and oxygen atoms in total. The van der Waals surface area contributed by atoms with Crippen LogP contribution in [0.5, 0.6) is 0 Å². The maximum absolute atomic E-state index is 12.8. The second kappa shape index (κ2) is 7.84. The van der Waals surface area contributed by atoms with Gasteiger partial charge in [-0.2, -0.15) is 4.98 Å².